The first-order chi connectivity index (χ1) is 8.60. The summed E-state index contributed by atoms with van der Waals surface area (Å²) in [5.41, 5.74) is 0.536. The third-order valence-electron chi connectivity index (χ3n) is 2.82. The van der Waals surface area contributed by atoms with E-state index in [-0.39, 0.29) is 5.69 Å². The summed E-state index contributed by atoms with van der Waals surface area (Å²) in [5.74, 6) is 0.789. The SMILES string of the molecule is CCOc1cccc(NCC(C)CC)c1[N+](=O)[O-]. The van der Waals surface area contributed by atoms with Crippen molar-refractivity contribution in [1.82, 2.24) is 0 Å². The van der Waals surface area contributed by atoms with Crippen molar-refractivity contribution >= 4 is 11.4 Å². The van der Waals surface area contributed by atoms with Crippen molar-refractivity contribution in [2.24, 2.45) is 5.92 Å². The Morgan fingerprint density at radius 3 is 2.72 bits per heavy atom. The van der Waals surface area contributed by atoms with Crippen molar-refractivity contribution in [3.8, 4) is 5.75 Å². The number of nitro groups is 1. The molecule has 1 N–H and O–H groups in total. The molecule has 0 heterocycles. The van der Waals surface area contributed by atoms with Crippen molar-refractivity contribution in [3.05, 3.63) is 28.3 Å². The van der Waals surface area contributed by atoms with Crippen molar-refractivity contribution < 1.29 is 9.66 Å². The third-order valence-corrected chi connectivity index (χ3v) is 2.82. The predicted octanol–water partition coefficient (Wildman–Crippen LogP) is 3.45. The Hall–Kier alpha value is -1.78. The molecule has 1 aromatic carbocycles. The van der Waals surface area contributed by atoms with Gasteiger partial charge in [-0.3, -0.25) is 10.1 Å². The van der Waals surface area contributed by atoms with Crippen LogP contribution < -0.4 is 10.1 Å². The molecule has 0 spiro atoms. The molecular formula is C13H20N2O3. The zero-order chi connectivity index (χ0) is 13.5. The molecule has 5 heteroatoms. The second-order valence-corrected chi connectivity index (χ2v) is 4.24. The van der Waals surface area contributed by atoms with E-state index in [9.17, 15) is 10.1 Å². The van der Waals surface area contributed by atoms with Gasteiger partial charge < -0.3 is 10.1 Å². The molecule has 0 aliphatic carbocycles. The molecular weight excluding hydrogens is 232 g/mol. The molecule has 0 saturated heterocycles. The summed E-state index contributed by atoms with van der Waals surface area (Å²) in [7, 11) is 0. The molecule has 0 bridgehead atoms. The normalized spacial score (nSPS) is 11.9. The van der Waals surface area contributed by atoms with E-state index in [2.05, 4.69) is 19.2 Å². The molecule has 5 nitrogen and oxygen atoms in total. The molecule has 100 valence electrons. The number of anilines is 1. The van der Waals surface area contributed by atoms with Crippen LogP contribution in [0.2, 0.25) is 0 Å². The fourth-order valence-electron chi connectivity index (χ4n) is 1.55. The van der Waals surface area contributed by atoms with Crippen LogP contribution in [0.15, 0.2) is 18.2 Å². The maximum absolute atomic E-state index is 11.1. The van der Waals surface area contributed by atoms with Crippen LogP contribution in [0.4, 0.5) is 11.4 Å². The van der Waals surface area contributed by atoms with E-state index in [4.69, 9.17) is 4.74 Å². The summed E-state index contributed by atoms with van der Waals surface area (Å²) in [6.07, 6.45) is 1.03. The lowest BCUT2D eigenvalue weighted by Crippen LogP contribution is -2.12. The lowest BCUT2D eigenvalue weighted by Gasteiger charge is -2.13. The third kappa shape index (κ3) is 3.61. The average molecular weight is 252 g/mol. The van der Waals surface area contributed by atoms with E-state index in [1.165, 1.54) is 0 Å². The van der Waals surface area contributed by atoms with Crippen molar-refractivity contribution in [2.75, 3.05) is 18.5 Å². The molecule has 0 fully saturated rings. The number of ether oxygens (including phenoxy) is 1. The number of benzene rings is 1. The Morgan fingerprint density at radius 2 is 2.17 bits per heavy atom. The van der Waals surface area contributed by atoms with Crippen LogP contribution in [-0.2, 0) is 0 Å². The predicted molar refractivity (Wildman–Crippen MR) is 72.2 cm³/mol. The monoisotopic (exact) mass is 252 g/mol. The number of para-hydroxylation sites is 1. The quantitative estimate of drug-likeness (QED) is 0.596. The molecule has 0 aliphatic rings. The van der Waals surface area contributed by atoms with Crippen molar-refractivity contribution in [2.45, 2.75) is 27.2 Å². The summed E-state index contributed by atoms with van der Waals surface area (Å²) in [6.45, 7) is 7.13. The zero-order valence-corrected chi connectivity index (χ0v) is 11.1. The number of nitrogens with zero attached hydrogens (tertiary/aromatic N) is 1. The largest absolute Gasteiger partial charge is 0.487 e. The summed E-state index contributed by atoms with van der Waals surface area (Å²) in [4.78, 5) is 10.7. The molecule has 1 rings (SSSR count). The molecule has 0 saturated carbocycles. The molecule has 0 aliphatic heterocycles. The standard InChI is InChI=1S/C13H20N2O3/c1-4-10(3)9-14-11-7-6-8-12(18-5-2)13(11)15(16)17/h6-8,10,14H,4-5,9H2,1-3H3. The van der Waals surface area contributed by atoms with Gasteiger partial charge in [-0.15, -0.1) is 0 Å². The molecule has 1 unspecified atom stereocenters. The van der Waals surface area contributed by atoms with E-state index in [1.807, 2.05) is 6.92 Å². The number of hydrogen-bond acceptors (Lipinski definition) is 4. The minimum atomic E-state index is -0.399. The summed E-state index contributed by atoms with van der Waals surface area (Å²) in [5, 5.41) is 14.2. The number of nitrogens with one attached hydrogen (secondary N) is 1. The van der Waals surface area contributed by atoms with Gasteiger partial charge >= 0.3 is 5.69 Å². The van der Waals surface area contributed by atoms with Crippen LogP contribution >= 0.6 is 0 Å². The van der Waals surface area contributed by atoms with E-state index in [0.717, 1.165) is 6.42 Å². The number of rotatable bonds is 7. The molecule has 0 radical (unpaired) electrons. The van der Waals surface area contributed by atoms with Gasteiger partial charge in [0.2, 0.25) is 0 Å². The van der Waals surface area contributed by atoms with Crippen molar-refractivity contribution in [3.63, 3.8) is 0 Å². The highest BCUT2D eigenvalue weighted by atomic mass is 16.6. The molecule has 0 aromatic heterocycles. The maximum Gasteiger partial charge on any atom is 0.333 e. The fourth-order valence-corrected chi connectivity index (χ4v) is 1.55. The first-order valence-electron chi connectivity index (χ1n) is 6.24. The molecule has 18 heavy (non-hydrogen) atoms. The van der Waals surface area contributed by atoms with Crippen LogP contribution in [0.25, 0.3) is 0 Å². The first kappa shape index (κ1) is 14.3. The summed E-state index contributed by atoms with van der Waals surface area (Å²) >= 11 is 0. The summed E-state index contributed by atoms with van der Waals surface area (Å²) in [6, 6.07) is 5.09. The van der Waals surface area contributed by atoms with E-state index in [0.29, 0.717) is 30.5 Å². The first-order valence-corrected chi connectivity index (χ1v) is 6.24. The van der Waals surface area contributed by atoms with Gasteiger partial charge in [0.25, 0.3) is 0 Å². The summed E-state index contributed by atoms with van der Waals surface area (Å²) < 4.78 is 5.29. The Labute approximate surface area is 107 Å². The Morgan fingerprint density at radius 1 is 1.44 bits per heavy atom. The highest BCUT2D eigenvalue weighted by molar-refractivity contribution is 5.68. The van der Waals surface area contributed by atoms with Gasteiger partial charge in [0, 0.05) is 6.54 Å². The highest BCUT2D eigenvalue weighted by Crippen LogP contribution is 2.34. The number of nitro benzene ring substituents is 1. The van der Waals surface area contributed by atoms with Crippen LogP contribution in [0.3, 0.4) is 0 Å². The van der Waals surface area contributed by atoms with Crippen LogP contribution in [-0.4, -0.2) is 18.1 Å². The Kier molecular flexibility index (Phi) is 5.42. The fraction of sp³-hybridized carbons (Fsp3) is 0.538. The van der Waals surface area contributed by atoms with Gasteiger partial charge in [-0.1, -0.05) is 26.3 Å². The molecule has 1 aromatic rings. The Bertz CT molecular complexity index is 407. The zero-order valence-electron chi connectivity index (χ0n) is 11.1. The molecule has 0 amide bonds. The van der Waals surface area contributed by atoms with Gasteiger partial charge in [-0.05, 0) is 25.0 Å². The maximum atomic E-state index is 11.1. The molecule has 1 atom stereocenters. The van der Waals surface area contributed by atoms with Gasteiger partial charge in [0.15, 0.2) is 5.75 Å². The van der Waals surface area contributed by atoms with Gasteiger partial charge in [-0.2, -0.15) is 0 Å². The minimum Gasteiger partial charge on any atom is -0.487 e. The highest BCUT2D eigenvalue weighted by Gasteiger charge is 2.20. The van der Waals surface area contributed by atoms with Crippen LogP contribution in [0.5, 0.6) is 5.75 Å². The second kappa shape index (κ2) is 6.83. The van der Waals surface area contributed by atoms with Gasteiger partial charge in [0.1, 0.15) is 5.69 Å². The van der Waals surface area contributed by atoms with Gasteiger partial charge in [0.05, 0.1) is 11.5 Å². The van der Waals surface area contributed by atoms with Crippen LogP contribution in [0.1, 0.15) is 27.2 Å². The second-order valence-electron chi connectivity index (χ2n) is 4.24. The smallest absolute Gasteiger partial charge is 0.333 e. The van der Waals surface area contributed by atoms with E-state index >= 15 is 0 Å². The lowest BCUT2D eigenvalue weighted by molar-refractivity contribution is -0.384. The Balaban J connectivity index is 2.95. The topological polar surface area (TPSA) is 64.4 Å². The lowest BCUT2D eigenvalue weighted by atomic mass is 10.1. The van der Waals surface area contributed by atoms with E-state index in [1.54, 1.807) is 18.2 Å². The number of hydrogen-bond donors (Lipinski definition) is 1. The van der Waals surface area contributed by atoms with Crippen molar-refractivity contribution in [1.29, 1.82) is 0 Å². The minimum absolute atomic E-state index is 0.0163. The average Bonchev–Trinajstić information content (AvgIpc) is 2.36. The van der Waals surface area contributed by atoms with Gasteiger partial charge in [-0.25, -0.2) is 0 Å². The van der Waals surface area contributed by atoms with Crippen LogP contribution in [0, 0.1) is 16.0 Å². The van der Waals surface area contributed by atoms with E-state index < -0.39 is 4.92 Å².